The molecule has 1 N–H and O–H groups in total. The summed E-state index contributed by atoms with van der Waals surface area (Å²) < 4.78 is 15.7. The molecule has 3 aromatic rings. The standard InChI is InChI=1S/C21H22N2O4/c1-4-14-5-7-15(8-6-14)18-13-21(27-23-18)22-20(24)11-16-9-10-17(25-2)12-19(16)26-3/h5-10,12-13H,4,11H2,1-3H3,(H,22,24). The van der Waals surface area contributed by atoms with Gasteiger partial charge in [-0.25, -0.2) is 0 Å². The number of anilines is 1. The summed E-state index contributed by atoms with van der Waals surface area (Å²) in [5.41, 5.74) is 3.62. The highest BCUT2D eigenvalue weighted by molar-refractivity contribution is 5.91. The van der Waals surface area contributed by atoms with E-state index < -0.39 is 0 Å². The summed E-state index contributed by atoms with van der Waals surface area (Å²) in [6.45, 7) is 2.11. The molecule has 0 spiro atoms. The average molecular weight is 366 g/mol. The number of aryl methyl sites for hydroxylation is 1. The van der Waals surface area contributed by atoms with Gasteiger partial charge in [-0.1, -0.05) is 42.4 Å². The fraction of sp³-hybridized carbons (Fsp3) is 0.238. The first-order chi connectivity index (χ1) is 13.1. The van der Waals surface area contributed by atoms with Crippen molar-refractivity contribution in [1.29, 1.82) is 0 Å². The lowest BCUT2D eigenvalue weighted by Crippen LogP contribution is -2.14. The second-order valence-corrected chi connectivity index (χ2v) is 6.03. The average Bonchev–Trinajstić information content (AvgIpc) is 3.16. The molecule has 1 amide bonds. The highest BCUT2D eigenvalue weighted by Gasteiger charge is 2.13. The van der Waals surface area contributed by atoms with Crippen molar-refractivity contribution < 1.29 is 18.8 Å². The van der Waals surface area contributed by atoms with E-state index in [-0.39, 0.29) is 12.3 Å². The van der Waals surface area contributed by atoms with Gasteiger partial charge < -0.3 is 14.0 Å². The van der Waals surface area contributed by atoms with Crippen LogP contribution in [0.15, 0.2) is 53.1 Å². The summed E-state index contributed by atoms with van der Waals surface area (Å²) in [5, 5.41) is 6.76. The number of carbonyl (C=O) groups excluding carboxylic acids is 1. The number of aromatic nitrogens is 1. The summed E-state index contributed by atoms with van der Waals surface area (Å²) in [7, 11) is 3.14. The maximum absolute atomic E-state index is 12.3. The predicted octanol–water partition coefficient (Wildman–Crippen LogP) is 4.10. The number of carbonyl (C=O) groups is 1. The van der Waals surface area contributed by atoms with E-state index in [0.29, 0.717) is 23.1 Å². The molecule has 0 atom stereocenters. The minimum absolute atomic E-state index is 0.147. The topological polar surface area (TPSA) is 73.6 Å². The lowest BCUT2D eigenvalue weighted by molar-refractivity contribution is -0.115. The molecule has 0 saturated heterocycles. The Balaban J connectivity index is 1.67. The highest BCUT2D eigenvalue weighted by atomic mass is 16.5. The molecule has 0 unspecified atom stereocenters. The van der Waals surface area contributed by atoms with Crippen LogP contribution in [0.2, 0.25) is 0 Å². The van der Waals surface area contributed by atoms with Gasteiger partial charge in [0.25, 0.3) is 0 Å². The number of hydrogen-bond acceptors (Lipinski definition) is 5. The molecule has 140 valence electrons. The number of amides is 1. The number of methoxy groups -OCH3 is 2. The molecule has 1 heterocycles. The molecule has 0 aliphatic heterocycles. The normalized spacial score (nSPS) is 10.5. The third-order valence-corrected chi connectivity index (χ3v) is 4.28. The van der Waals surface area contributed by atoms with Crippen LogP contribution in [0.4, 0.5) is 5.88 Å². The van der Waals surface area contributed by atoms with Crippen molar-refractivity contribution in [3.63, 3.8) is 0 Å². The number of nitrogens with zero attached hydrogens (tertiary/aromatic N) is 1. The molecule has 0 aliphatic rings. The maximum Gasteiger partial charge on any atom is 0.231 e. The van der Waals surface area contributed by atoms with E-state index >= 15 is 0 Å². The van der Waals surface area contributed by atoms with Crippen molar-refractivity contribution in [2.75, 3.05) is 19.5 Å². The van der Waals surface area contributed by atoms with E-state index in [9.17, 15) is 4.79 Å². The van der Waals surface area contributed by atoms with E-state index in [1.165, 1.54) is 5.56 Å². The molecule has 27 heavy (non-hydrogen) atoms. The van der Waals surface area contributed by atoms with E-state index in [1.54, 1.807) is 38.5 Å². The van der Waals surface area contributed by atoms with E-state index in [4.69, 9.17) is 14.0 Å². The fourth-order valence-corrected chi connectivity index (χ4v) is 2.73. The quantitative estimate of drug-likeness (QED) is 0.681. The molecule has 6 nitrogen and oxygen atoms in total. The first-order valence-corrected chi connectivity index (χ1v) is 8.69. The van der Waals surface area contributed by atoms with Crippen molar-refractivity contribution in [2.24, 2.45) is 0 Å². The summed E-state index contributed by atoms with van der Waals surface area (Å²) in [6, 6.07) is 15.1. The zero-order chi connectivity index (χ0) is 19.2. The smallest absolute Gasteiger partial charge is 0.231 e. The Hall–Kier alpha value is -3.28. The first-order valence-electron chi connectivity index (χ1n) is 8.69. The van der Waals surface area contributed by atoms with Gasteiger partial charge in [-0.2, -0.15) is 0 Å². The Morgan fingerprint density at radius 3 is 2.52 bits per heavy atom. The van der Waals surface area contributed by atoms with Gasteiger partial charge in [0.2, 0.25) is 11.8 Å². The van der Waals surface area contributed by atoms with Crippen LogP contribution in [0.25, 0.3) is 11.3 Å². The van der Waals surface area contributed by atoms with Crippen molar-refractivity contribution in [1.82, 2.24) is 5.16 Å². The number of hydrogen-bond donors (Lipinski definition) is 1. The van der Waals surface area contributed by atoms with Gasteiger partial charge in [0, 0.05) is 23.3 Å². The Bertz CT molecular complexity index is 916. The third kappa shape index (κ3) is 4.47. The van der Waals surface area contributed by atoms with Crippen LogP contribution in [0.3, 0.4) is 0 Å². The lowest BCUT2D eigenvalue weighted by atomic mass is 10.1. The summed E-state index contributed by atoms with van der Waals surface area (Å²) in [5.74, 6) is 1.35. The molecular weight excluding hydrogens is 344 g/mol. The number of nitrogens with one attached hydrogen (secondary N) is 1. The Morgan fingerprint density at radius 1 is 1.07 bits per heavy atom. The maximum atomic E-state index is 12.3. The largest absolute Gasteiger partial charge is 0.497 e. The lowest BCUT2D eigenvalue weighted by Gasteiger charge is -2.09. The second-order valence-electron chi connectivity index (χ2n) is 6.03. The molecule has 0 bridgehead atoms. The number of ether oxygens (including phenoxy) is 2. The van der Waals surface area contributed by atoms with E-state index in [2.05, 4.69) is 29.5 Å². The molecule has 1 aromatic heterocycles. The zero-order valence-corrected chi connectivity index (χ0v) is 15.6. The molecule has 3 rings (SSSR count). The van der Waals surface area contributed by atoms with Crippen molar-refractivity contribution >= 4 is 11.8 Å². The van der Waals surface area contributed by atoms with Gasteiger partial charge >= 0.3 is 0 Å². The van der Waals surface area contributed by atoms with Crippen LogP contribution in [0, 0.1) is 0 Å². The van der Waals surface area contributed by atoms with Crippen molar-refractivity contribution in [3.05, 3.63) is 59.7 Å². The molecule has 0 fully saturated rings. The Labute approximate surface area is 158 Å². The summed E-state index contributed by atoms with van der Waals surface area (Å²) >= 11 is 0. The van der Waals surface area contributed by atoms with Gasteiger partial charge in [-0.15, -0.1) is 0 Å². The van der Waals surface area contributed by atoms with Crippen LogP contribution < -0.4 is 14.8 Å². The van der Waals surface area contributed by atoms with Crippen LogP contribution in [0.1, 0.15) is 18.1 Å². The molecule has 2 aromatic carbocycles. The highest BCUT2D eigenvalue weighted by Crippen LogP contribution is 2.26. The zero-order valence-electron chi connectivity index (χ0n) is 15.6. The minimum atomic E-state index is -0.220. The molecule has 6 heteroatoms. The van der Waals surface area contributed by atoms with Crippen LogP contribution >= 0.6 is 0 Å². The van der Waals surface area contributed by atoms with Gasteiger partial charge in [0.1, 0.15) is 17.2 Å². The van der Waals surface area contributed by atoms with Gasteiger partial charge in [0.05, 0.1) is 20.6 Å². The summed E-state index contributed by atoms with van der Waals surface area (Å²) in [4.78, 5) is 12.3. The minimum Gasteiger partial charge on any atom is -0.497 e. The van der Waals surface area contributed by atoms with Gasteiger partial charge in [-0.3, -0.25) is 10.1 Å². The molecule has 0 aliphatic carbocycles. The number of rotatable bonds is 7. The Morgan fingerprint density at radius 2 is 1.85 bits per heavy atom. The van der Waals surface area contributed by atoms with E-state index in [0.717, 1.165) is 17.5 Å². The predicted molar refractivity (Wildman–Crippen MR) is 103 cm³/mol. The van der Waals surface area contributed by atoms with Gasteiger partial charge in [-0.05, 0) is 18.1 Å². The fourth-order valence-electron chi connectivity index (χ4n) is 2.73. The first kappa shape index (κ1) is 18.5. The van der Waals surface area contributed by atoms with Crippen molar-refractivity contribution in [3.8, 4) is 22.8 Å². The van der Waals surface area contributed by atoms with E-state index in [1.807, 2.05) is 12.1 Å². The molecular formula is C21H22N2O4. The third-order valence-electron chi connectivity index (χ3n) is 4.28. The van der Waals surface area contributed by atoms with Crippen LogP contribution in [-0.4, -0.2) is 25.3 Å². The van der Waals surface area contributed by atoms with Gasteiger partial charge in [0.15, 0.2) is 0 Å². The summed E-state index contributed by atoms with van der Waals surface area (Å²) in [6.07, 6.45) is 1.13. The van der Waals surface area contributed by atoms with Crippen LogP contribution in [-0.2, 0) is 17.6 Å². The Kier molecular flexibility index (Phi) is 5.76. The monoisotopic (exact) mass is 366 g/mol. The SMILES string of the molecule is CCc1ccc(-c2cc(NC(=O)Cc3ccc(OC)cc3OC)on2)cc1. The molecule has 0 radical (unpaired) electrons. The second kappa shape index (κ2) is 8.40. The van der Waals surface area contributed by atoms with Crippen LogP contribution in [0.5, 0.6) is 11.5 Å². The van der Waals surface area contributed by atoms with Crippen molar-refractivity contribution in [2.45, 2.75) is 19.8 Å². The number of benzene rings is 2. The molecule has 0 saturated carbocycles.